The lowest BCUT2D eigenvalue weighted by Gasteiger charge is -2.10. The molecule has 0 aromatic heterocycles. The van der Waals surface area contributed by atoms with E-state index in [-0.39, 0.29) is 6.61 Å². The molecule has 23 heavy (non-hydrogen) atoms. The summed E-state index contributed by atoms with van der Waals surface area (Å²) < 4.78 is 5.33. The molecule has 2 aromatic carbocycles. The van der Waals surface area contributed by atoms with Gasteiger partial charge in [0.25, 0.3) is 5.91 Å². The van der Waals surface area contributed by atoms with E-state index in [1.54, 1.807) is 18.2 Å². The average Bonchev–Trinajstić information content (AvgIpc) is 2.53. The summed E-state index contributed by atoms with van der Waals surface area (Å²) in [4.78, 5) is 22.2. The smallest absolute Gasteiger partial charge is 0.325 e. The van der Waals surface area contributed by atoms with E-state index >= 15 is 0 Å². The highest BCUT2D eigenvalue weighted by atomic mass is 35.5. The Morgan fingerprint density at radius 1 is 1.17 bits per heavy atom. The highest BCUT2D eigenvalue weighted by Gasteiger charge is 2.14. The summed E-state index contributed by atoms with van der Waals surface area (Å²) in [6.07, 6.45) is 0. The number of carbonyl (C=O) groups is 2. The molecule has 0 aliphatic heterocycles. The maximum Gasteiger partial charge on any atom is 0.325 e. The minimum atomic E-state index is -1.09. The van der Waals surface area contributed by atoms with Crippen molar-refractivity contribution in [2.45, 2.75) is 13.0 Å². The second-order valence-electron chi connectivity index (χ2n) is 4.95. The lowest BCUT2D eigenvalue weighted by atomic mass is 10.1. The van der Waals surface area contributed by atoms with Gasteiger partial charge in [0.05, 0.1) is 0 Å². The van der Waals surface area contributed by atoms with Gasteiger partial charge in [0.2, 0.25) is 0 Å². The van der Waals surface area contributed by atoms with Gasteiger partial charge in [0.15, 0.2) is 6.61 Å². The summed E-state index contributed by atoms with van der Waals surface area (Å²) in [5.41, 5.74) is 1.96. The number of ether oxygens (including phenoxy) is 1. The Hall–Kier alpha value is -2.53. The summed E-state index contributed by atoms with van der Waals surface area (Å²) in [6, 6.07) is 13.7. The zero-order valence-electron chi connectivity index (χ0n) is 12.5. The van der Waals surface area contributed by atoms with Crippen LogP contribution >= 0.6 is 11.6 Å². The normalized spacial score (nSPS) is 11.6. The molecule has 2 N–H and O–H groups in total. The first kappa shape index (κ1) is 16.8. The number of rotatable bonds is 6. The zero-order chi connectivity index (χ0) is 16.8. The van der Waals surface area contributed by atoms with Gasteiger partial charge in [-0.3, -0.25) is 9.59 Å². The number of aliphatic carboxylic acids is 1. The van der Waals surface area contributed by atoms with Crippen LogP contribution in [0, 0.1) is 0 Å². The maximum atomic E-state index is 11.5. The summed E-state index contributed by atoms with van der Waals surface area (Å²) in [5.74, 6) is -1.06. The van der Waals surface area contributed by atoms with Crippen LogP contribution < -0.4 is 10.1 Å². The van der Waals surface area contributed by atoms with E-state index in [9.17, 15) is 9.59 Å². The van der Waals surface area contributed by atoms with Gasteiger partial charge >= 0.3 is 5.97 Å². The largest absolute Gasteiger partial charge is 0.484 e. The minimum Gasteiger partial charge on any atom is -0.484 e. The van der Waals surface area contributed by atoms with Crippen LogP contribution in [0.15, 0.2) is 48.5 Å². The molecule has 0 heterocycles. The number of halogens is 1. The number of hydrogen-bond acceptors (Lipinski definition) is 3. The number of hydrogen-bond donors (Lipinski definition) is 2. The lowest BCUT2D eigenvalue weighted by molar-refractivity contribution is -0.141. The summed E-state index contributed by atoms with van der Waals surface area (Å²) in [6.45, 7) is 1.15. The average molecular weight is 334 g/mol. The van der Waals surface area contributed by atoms with E-state index in [2.05, 4.69) is 5.32 Å². The van der Waals surface area contributed by atoms with Crippen molar-refractivity contribution in [2.24, 2.45) is 0 Å². The van der Waals surface area contributed by atoms with Gasteiger partial charge in [0.1, 0.15) is 11.8 Å². The summed E-state index contributed by atoms with van der Waals surface area (Å²) in [7, 11) is 0. The second-order valence-corrected chi connectivity index (χ2v) is 5.39. The van der Waals surface area contributed by atoms with Gasteiger partial charge in [0, 0.05) is 5.02 Å². The Bertz CT molecular complexity index is 700. The van der Waals surface area contributed by atoms with Crippen molar-refractivity contribution < 1.29 is 19.4 Å². The molecule has 2 aromatic rings. The van der Waals surface area contributed by atoms with Crippen LogP contribution in [0.3, 0.4) is 0 Å². The van der Waals surface area contributed by atoms with E-state index in [1.807, 2.05) is 30.3 Å². The molecule has 0 saturated carbocycles. The molecule has 6 heteroatoms. The van der Waals surface area contributed by atoms with Crippen molar-refractivity contribution in [3.05, 3.63) is 53.6 Å². The van der Waals surface area contributed by atoms with Crippen molar-refractivity contribution in [3.63, 3.8) is 0 Å². The van der Waals surface area contributed by atoms with Crippen LogP contribution in [-0.2, 0) is 9.59 Å². The molecule has 0 aliphatic carbocycles. The molecule has 0 radical (unpaired) electrons. The molecule has 0 unspecified atom stereocenters. The van der Waals surface area contributed by atoms with Gasteiger partial charge in [-0.25, -0.2) is 0 Å². The highest BCUT2D eigenvalue weighted by molar-refractivity contribution is 6.30. The second kappa shape index (κ2) is 7.65. The Morgan fingerprint density at radius 3 is 2.48 bits per heavy atom. The van der Waals surface area contributed by atoms with Crippen LogP contribution in [0.1, 0.15) is 6.92 Å². The third kappa shape index (κ3) is 5.00. The minimum absolute atomic E-state index is 0.242. The fourth-order valence-corrected chi connectivity index (χ4v) is 2.10. The van der Waals surface area contributed by atoms with E-state index in [4.69, 9.17) is 21.4 Å². The molecule has 120 valence electrons. The fraction of sp³-hybridized carbons (Fsp3) is 0.176. The molecule has 0 bridgehead atoms. The monoisotopic (exact) mass is 333 g/mol. The Balaban J connectivity index is 1.93. The summed E-state index contributed by atoms with van der Waals surface area (Å²) >= 11 is 5.96. The zero-order valence-corrected chi connectivity index (χ0v) is 13.2. The molecule has 0 spiro atoms. The number of carboxylic acids is 1. The lowest BCUT2D eigenvalue weighted by Crippen LogP contribution is -2.40. The van der Waals surface area contributed by atoms with Crippen LogP contribution in [-0.4, -0.2) is 29.6 Å². The first-order valence-electron chi connectivity index (χ1n) is 6.96. The predicted molar refractivity (Wildman–Crippen MR) is 87.6 cm³/mol. The van der Waals surface area contributed by atoms with Crippen molar-refractivity contribution >= 4 is 23.5 Å². The number of benzene rings is 2. The third-order valence-corrected chi connectivity index (χ3v) is 3.37. The van der Waals surface area contributed by atoms with Crippen molar-refractivity contribution in [1.82, 2.24) is 5.32 Å². The van der Waals surface area contributed by atoms with Gasteiger partial charge in [-0.15, -0.1) is 0 Å². The number of nitrogens with one attached hydrogen (secondary N) is 1. The summed E-state index contributed by atoms with van der Waals surface area (Å²) in [5, 5.41) is 11.7. The Labute approximate surface area is 138 Å². The molecule has 1 amide bonds. The van der Waals surface area contributed by atoms with E-state index in [0.29, 0.717) is 10.8 Å². The van der Waals surface area contributed by atoms with Crippen molar-refractivity contribution in [3.8, 4) is 16.9 Å². The Morgan fingerprint density at radius 2 is 1.87 bits per heavy atom. The van der Waals surface area contributed by atoms with Gasteiger partial charge in [-0.05, 0) is 42.3 Å². The van der Waals surface area contributed by atoms with Gasteiger partial charge in [-0.2, -0.15) is 0 Å². The topological polar surface area (TPSA) is 75.6 Å². The molecule has 1 atom stereocenters. The molecule has 0 saturated heterocycles. The standard InChI is InChI=1S/C17H16ClNO4/c1-11(17(21)22)19-16(20)10-23-15-7-5-12(6-8-15)13-3-2-4-14(18)9-13/h2-9,11H,10H2,1H3,(H,19,20)(H,21,22)/t11-/m0/s1. The van der Waals surface area contributed by atoms with Crippen molar-refractivity contribution in [1.29, 1.82) is 0 Å². The maximum absolute atomic E-state index is 11.5. The van der Waals surface area contributed by atoms with E-state index in [0.717, 1.165) is 11.1 Å². The molecular weight excluding hydrogens is 318 g/mol. The molecule has 0 aliphatic rings. The van der Waals surface area contributed by atoms with Crippen LogP contribution in [0.4, 0.5) is 0 Å². The number of carboxylic acid groups (broad SMARTS) is 1. The third-order valence-electron chi connectivity index (χ3n) is 3.13. The number of amides is 1. The van der Waals surface area contributed by atoms with Gasteiger partial charge < -0.3 is 15.2 Å². The van der Waals surface area contributed by atoms with Crippen molar-refractivity contribution in [2.75, 3.05) is 6.61 Å². The SMILES string of the molecule is C[C@H](NC(=O)COc1ccc(-c2cccc(Cl)c2)cc1)C(=O)O. The first-order valence-corrected chi connectivity index (χ1v) is 7.34. The van der Waals surface area contributed by atoms with Crippen LogP contribution in [0.2, 0.25) is 5.02 Å². The Kier molecular flexibility index (Phi) is 5.60. The number of carbonyl (C=O) groups excluding carboxylic acids is 1. The van der Waals surface area contributed by atoms with Crippen LogP contribution in [0.25, 0.3) is 11.1 Å². The molecule has 2 rings (SSSR count). The van der Waals surface area contributed by atoms with Crippen LogP contribution in [0.5, 0.6) is 5.75 Å². The quantitative estimate of drug-likeness (QED) is 0.852. The fourth-order valence-electron chi connectivity index (χ4n) is 1.91. The molecule has 5 nitrogen and oxygen atoms in total. The molecule has 0 fully saturated rings. The van der Waals surface area contributed by atoms with E-state index < -0.39 is 17.9 Å². The van der Waals surface area contributed by atoms with E-state index in [1.165, 1.54) is 6.92 Å². The first-order chi connectivity index (χ1) is 11.0. The molecular formula is C17H16ClNO4. The van der Waals surface area contributed by atoms with Gasteiger partial charge in [-0.1, -0.05) is 35.9 Å². The highest BCUT2D eigenvalue weighted by Crippen LogP contribution is 2.24. The predicted octanol–water partition coefficient (Wildman–Crippen LogP) is 2.98.